The van der Waals surface area contributed by atoms with Crippen molar-refractivity contribution >= 4 is 21.6 Å². The van der Waals surface area contributed by atoms with Crippen LogP contribution in [0.25, 0.3) is 0 Å². The average Bonchev–Trinajstić information content (AvgIpc) is 2.78. The van der Waals surface area contributed by atoms with Gasteiger partial charge in [0.15, 0.2) is 0 Å². The lowest BCUT2D eigenvalue weighted by Crippen LogP contribution is -2.44. The van der Waals surface area contributed by atoms with Crippen molar-refractivity contribution < 1.29 is 13.2 Å². The van der Waals surface area contributed by atoms with E-state index in [1.165, 1.54) is 16.1 Å². The molecule has 0 aromatic heterocycles. The van der Waals surface area contributed by atoms with E-state index in [0.29, 0.717) is 32.5 Å². The number of hydrogen-bond donors (Lipinski definition) is 0. The molecule has 0 bridgehead atoms. The summed E-state index contributed by atoms with van der Waals surface area (Å²) in [6.07, 6.45) is 2.43. The minimum Gasteiger partial charge on any atom is -0.311 e. The van der Waals surface area contributed by atoms with Gasteiger partial charge in [-0.25, -0.2) is 12.7 Å². The highest BCUT2D eigenvalue weighted by Gasteiger charge is 2.40. The summed E-state index contributed by atoms with van der Waals surface area (Å²) < 4.78 is 24.7. The lowest BCUT2D eigenvalue weighted by atomic mass is 9.87. The van der Waals surface area contributed by atoms with Gasteiger partial charge in [0.2, 0.25) is 15.9 Å². The van der Waals surface area contributed by atoms with E-state index >= 15 is 0 Å². The molecule has 0 saturated carbocycles. The second-order valence-corrected chi connectivity index (χ2v) is 9.24. The van der Waals surface area contributed by atoms with E-state index in [0.717, 1.165) is 5.69 Å². The molecule has 0 unspecified atom stereocenters. The summed E-state index contributed by atoms with van der Waals surface area (Å²) in [6.45, 7) is 5.89. The van der Waals surface area contributed by atoms with Crippen molar-refractivity contribution in [1.29, 1.82) is 0 Å². The van der Waals surface area contributed by atoms with E-state index in [1.54, 1.807) is 0 Å². The van der Waals surface area contributed by atoms with Crippen LogP contribution in [0.4, 0.5) is 5.69 Å². The van der Waals surface area contributed by atoms with Gasteiger partial charge in [-0.1, -0.05) is 32.0 Å². The van der Waals surface area contributed by atoms with E-state index < -0.39 is 10.0 Å². The topological polar surface area (TPSA) is 57.7 Å². The van der Waals surface area contributed by atoms with Crippen molar-refractivity contribution in [2.75, 3.05) is 30.8 Å². The first-order valence-electron chi connectivity index (χ1n) is 8.06. The molecule has 0 spiro atoms. The standard InChI is InChI=1S/C17H24N2O3S/c1-17(2)12-19(15-7-5-4-6-14(15)17)16(20)13-8-10-18(11-9-13)23(3,21)22/h4-7,13H,8-12H2,1-3H3. The van der Waals surface area contributed by atoms with Crippen LogP contribution in [0.2, 0.25) is 0 Å². The Morgan fingerprint density at radius 2 is 1.78 bits per heavy atom. The highest BCUT2D eigenvalue weighted by Crippen LogP contribution is 2.41. The van der Waals surface area contributed by atoms with Gasteiger partial charge in [0.25, 0.3) is 0 Å². The molecule has 2 aliphatic rings. The van der Waals surface area contributed by atoms with Gasteiger partial charge in [-0.15, -0.1) is 0 Å². The number of carbonyl (C=O) groups excluding carboxylic acids is 1. The molecule has 1 fully saturated rings. The maximum Gasteiger partial charge on any atom is 0.230 e. The molecular weight excluding hydrogens is 312 g/mol. The zero-order valence-corrected chi connectivity index (χ0v) is 14.8. The summed E-state index contributed by atoms with van der Waals surface area (Å²) in [4.78, 5) is 14.9. The first kappa shape index (κ1) is 16.5. The Morgan fingerprint density at radius 3 is 2.39 bits per heavy atom. The van der Waals surface area contributed by atoms with Gasteiger partial charge >= 0.3 is 0 Å². The summed E-state index contributed by atoms with van der Waals surface area (Å²) in [5, 5.41) is 0. The van der Waals surface area contributed by atoms with E-state index in [9.17, 15) is 13.2 Å². The van der Waals surface area contributed by atoms with Gasteiger partial charge in [-0.05, 0) is 24.5 Å². The first-order chi connectivity index (χ1) is 10.7. The number of benzene rings is 1. The van der Waals surface area contributed by atoms with Crippen molar-refractivity contribution in [2.45, 2.75) is 32.1 Å². The number of sulfonamides is 1. The summed E-state index contributed by atoms with van der Waals surface area (Å²) >= 11 is 0. The number of rotatable bonds is 2. The molecule has 3 rings (SSSR count). The minimum absolute atomic E-state index is 0.0420. The van der Waals surface area contributed by atoms with E-state index in [4.69, 9.17) is 0 Å². The smallest absolute Gasteiger partial charge is 0.230 e. The van der Waals surface area contributed by atoms with Crippen LogP contribution in [-0.2, 0) is 20.2 Å². The SMILES string of the molecule is CC1(C)CN(C(=O)C2CCN(S(C)(=O)=O)CC2)c2ccccc21. The summed E-state index contributed by atoms with van der Waals surface area (Å²) in [6, 6.07) is 8.08. The second kappa shape index (κ2) is 5.60. The molecule has 2 heterocycles. The third-order valence-electron chi connectivity index (χ3n) is 5.02. The van der Waals surface area contributed by atoms with Crippen molar-refractivity contribution in [2.24, 2.45) is 5.92 Å². The van der Waals surface area contributed by atoms with Crippen molar-refractivity contribution in [3.8, 4) is 0 Å². The third-order valence-corrected chi connectivity index (χ3v) is 6.32. The third kappa shape index (κ3) is 3.02. The fourth-order valence-electron chi connectivity index (χ4n) is 3.70. The molecular formula is C17H24N2O3S. The summed E-state index contributed by atoms with van der Waals surface area (Å²) in [5.41, 5.74) is 2.18. The van der Waals surface area contributed by atoms with Gasteiger partial charge in [0.1, 0.15) is 0 Å². The molecule has 1 aromatic rings. The monoisotopic (exact) mass is 336 g/mol. The Labute approximate surface area is 138 Å². The fraction of sp³-hybridized carbons (Fsp3) is 0.588. The van der Waals surface area contributed by atoms with Gasteiger partial charge in [-0.2, -0.15) is 0 Å². The number of piperidine rings is 1. The summed E-state index contributed by atoms with van der Waals surface area (Å²) in [5.74, 6) is 0.0473. The van der Waals surface area contributed by atoms with Crippen LogP contribution < -0.4 is 4.90 Å². The normalized spacial score (nSPS) is 22.1. The van der Waals surface area contributed by atoms with Crippen LogP contribution in [0.15, 0.2) is 24.3 Å². The van der Waals surface area contributed by atoms with Gasteiger partial charge in [0.05, 0.1) is 6.26 Å². The molecule has 23 heavy (non-hydrogen) atoms. The number of fused-ring (bicyclic) bond motifs is 1. The molecule has 1 aromatic carbocycles. The van der Waals surface area contributed by atoms with Crippen LogP contribution >= 0.6 is 0 Å². The van der Waals surface area contributed by atoms with E-state index in [1.807, 2.05) is 23.1 Å². The molecule has 0 aliphatic carbocycles. The van der Waals surface area contributed by atoms with Gasteiger partial charge in [-0.3, -0.25) is 4.79 Å². The number of anilines is 1. The molecule has 5 nitrogen and oxygen atoms in total. The molecule has 0 radical (unpaired) electrons. The second-order valence-electron chi connectivity index (χ2n) is 7.26. The number of amides is 1. The van der Waals surface area contributed by atoms with Crippen molar-refractivity contribution in [1.82, 2.24) is 4.31 Å². The maximum atomic E-state index is 13.0. The number of para-hydroxylation sites is 1. The number of nitrogens with zero attached hydrogens (tertiary/aromatic N) is 2. The zero-order chi connectivity index (χ0) is 16.8. The number of hydrogen-bond acceptors (Lipinski definition) is 3. The van der Waals surface area contributed by atoms with E-state index in [-0.39, 0.29) is 17.2 Å². The number of carbonyl (C=O) groups is 1. The van der Waals surface area contributed by atoms with Crippen molar-refractivity contribution in [3.05, 3.63) is 29.8 Å². The average molecular weight is 336 g/mol. The first-order valence-corrected chi connectivity index (χ1v) is 9.91. The van der Waals surface area contributed by atoms with Crippen LogP contribution in [0.3, 0.4) is 0 Å². The quantitative estimate of drug-likeness (QED) is 0.830. The van der Waals surface area contributed by atoms with E-state index in [2.05, 4.69) is 19.9 Å². The Balaban J connectivity index is 1.76. The lowest BCUT2D eigenvalue weighted by Gasteiger charge is -2.32. The predicted molar refractivity (Wildman–Crippen MR) is 91.0 cm³/mol. The Bertz CT molecular complexity index is 719. The molecule has 126 valence electrons. The highest BCUT2D eigenvalue weighted by molar-refractivity contribution is 7.88. The van der Waals surface area contributed by atoms with Crippen molar-refractivity contribution in [3.63, 3.8) is 0 Å². The van der Waals surface area contributed by atoms with Gasteiger partial charge in [0, 0.05) is 36.7 Å². The van der Waals surface area contributed by atoms with Crippen LogP contribution in [0.5, 0.6) is 0 Å². The molecule has 0 N–H and O–H groups in total. The largest absolute Gasteiger partial charge is 0.311 e. The highest BCUT2D eigenvalue weighted by atomic mass is 32.2. The van der Waals surface area contributed by atoms with Crippen LogP contribution in [0.1, 0.15) is 32.3 Å². The van der Waals surface area contributed by atoms with Gasteiger partial charge < -0.3 is 4.90 Å². The molecule has 1 amide bonds. The van der Waals surface area contributed by atoms with Crippen LogP contribution in [-0.4, -0.2) is 44.5 Å². The summed E-state index contributed by atoms with van der Waals surface area (Å²) in [7, 11) is -3.15. The van der Waals surface area contributed by atoms with Crippen LogP contribution in [0, 0.1) is 5.92 Å². The lowest BCUT2D eigenvalue weighted by molar-refractivity contribution is -0.123. The Kier molecular flexibility index (Phi) is 4.01. The minimum atomic E-state index is -3.15. The molecule has 0 atom stereocenters. The fourth-order valence-corrected chi connectivity index (χ4v) is 4.57. The molecule has 1 saturated heterocycles. The Morgan fingerprint density at radius 1 is 1.17 bits per heavy atom. The zero-order valence-electron chi connectivity index (χ0n) is 13.9. The maximum absolute atomic E-state index is 13.0. The Hall–Kier alpha value is -1.40. The molecule has 6 heteroatoms. The predicted octanol–water partition coefficient (Wildman–Crippen LogP) is 1.98. The molecule has 2 aliphatic heterocycles.